The summed E-state index contributed by atoms with van der Waals surface area (Å²) >= 11 is 0. The molecular formula is C32H32N6O5. The molecule has 2 N–H and O–H groups in total. The second kappa shape index (κ2) is 12.0. The Bertz CT molecular complexity index is 1650. The summed E-state index contributed by atoms with van der Waals surface area (Å²) in [7, 11) is 1.58. The fourth-order valence-corrected chi connectivity index (χ4v) is 5.73. The Morgan fingerprint density at radius 2 is 1.74 bits per heavy atom. The summed E-state index contributed by atoms with van der Waals surface area (Å²) in [6.07, 6.45) is 4.20. The summed E-state index contributed by atoms with van der Waals surface area (Å²) in [5.74, 6) is 0.205. The van der Waals surface area contributed by atoms with Crippen molar-refractivity contribution >= 4 is 29.1 Å². The van der Waals surface area contributed by atoms with Crippen LogP contribution in [0.1, 0.15) is 58.3 Å². The number of amides is 3. The molecule has 2 aliphatic rings. The molecule has 11 nitrogen and oxygen atoms in total. The van der Waals surface area contributed by atoms with Gasteiger partial charge in [0.1, 0.15) is 17.9 Å². The zero-order chi connectivity index (χ0) is 29.9. The Hall–Kier alpha value is -5.19. The molecule has 6 rings (SSSR count). The van der Waals surface area contributed by atoms with E-state index in [1.54, 1.807) is 47.2 Å². The molecule has 3 amide bonds. The van der Waals surface area contributed by atoms with Gasteiger partial charge >= 0.3 is 0 Å². The van der Waals surface area contributed by atoms with Gasteiger partial charge in [0, 0.05) is 48.6 Å². The topological polar surface area (TPSA) is 135 Å². The first kappa shape index (κ1) is 28.0. The summed E-state index contributed by atoms with van der Waals surface area (Å²) in [4.78, 5) is 42.7. The van der Waals surface area contributed by atoms with Gasteiger partial charge in [-0.25, -0.2) is 0 Å². The van der Waals surface area contributed by atoms with E-state index in [0.717, 1.165) is 35.3 Å². The number of benzene rings is 2. The van der Waals surface area contributed by atoms with Crippen molar-refractivity contribution in [2.45, 2.75) is 38.1 Å². The molecule has 11 heteroatoms. The molecule has 2 aliphatic heterocycles. The highest BCUT2D eigenvalue weighted by Gasteiger charge is 2.34. The van der Waals surface area contributed by atoms with Gasteiger partial charge in [0.2, 0.25) is 17.5 Å². The maximum absolute atomic E-state index is 13.7. The monoisotopic (exact) mass is 580 g/mol. The summed E-state index contributed by atoms with van der Waals surface area (Å²) in [5, 5.41) is 22.6. The van der Waals surface area contributed by atoms with Crippen LogP contribution in [0.15, 0.2) is 72.9 Å². The number of aromatic amines is 1. The third-order valence-corrected chi connectivity index (χ3v) is 8.01. The standard InChI is InChI=1S/C32H32N6O5/c1-43-25-14-8-21(9-15-25)29(33-27(39)20-24-6-2-5-18-38(24)42)30-26-16-19-37(32(41)31(26)35-34-30)23-12-10-22(11-13-23)36-17-4-3-7-28(36)40/h2,5-6,8-15,18,29H,3-4,7,16-17,19-20H2,1H3,(H,33,39)(H,34,35). The predicted octanol–water partition coefficient (Wildman–Crippen LogP) is 3.22. The number of pyridine rings is 1. The third-order valence-electron chi connectivity index (χ3n) is 8.01. The lowest BCUT2D eigenvalue weighted by Crippen LogP contribution is -2.39. The van der Waals surface area contributed by atoms with Crippen LogP contribution in [0.2, 0.25) is 0 Å². The molecule has 0 aliphatic carbocycles. The highest BCUT2D eigenvalue weighted by atomic mass is 16.5. The SMILES string of the molecule is COc1ccc(C(NC(=O)Cc2cccc[n+]2[O-])c2n[nH]c3c2CCN(c2ccc(N4CCCCC4=O)cc2)C3=O)cc1. The molecule has 220 valence electrons. The number of fused-ring (bicyclic) bond motifs is 1. The van der Waals surface area contributed by atoms with Crippen molar-refractivity contribution in [3.8, 4) is 5.75 Å². The molecule has 1 saturated heterocycles. The van der Waals surface area contributed by atoms with E-state index >= 15 is 0 Å². The number of carbonyl (C=O) groups is 3. The lowest BCUT2D eigenvalue weighted by molar-refractivity contribution is -0.613. The van der Waals surface area contributed by atoms with Gasteiger partial charge in [-0.1, -0.05) is 12.1 Å². The van der Waals surface area contributed by atoms with Gasteiger partial charge in [-0.05, 0) is 67.3 Å². The first-order chi connectivity index (χ1) is 20.9. The number of aromatic nitrogens is 3. The number of rotatable bonds is 8. The lowest BCUT2D eigenvalue weighted by atomic mass is 9.95. The average Bonchev–Trinajstić information content (AvgIpc) is 3.46. The molecule has 4 aromatic rings. The molecule has 2 aromatic carbocycles. The number of nitrogens with one attached hydrogen (secondary N) is 2. The second-order valence-electron chi connectivity index (χ2n) is 10.7. The van der Waals surface area contributed by atoms with E-state index in [1.165, 1.54) is 6.20 Å². The molecule has 2 aromatic heterocycles. The van der Waals surface area contributed by atoms with Crippen LogP contribution in [0.4, 0.5) is 11.4 Å². The van der Waals surface area contributed by atoms with Crippen LogP contribution in [0.5, 0.6) is 5.75 Å². The third kappa shape index (κ3) is 5.66. The van der Waals surface area contributed by atoms with E-state index in [0.29, 0.717) is 53.5 Å². The van der Waals surface area contributed by atoms with Crippen LogP contribution >= 0.6 is 0 Å². The van der Waals surface area contributed by atoms with Crippen LogP contribution in [0.3, 0.4) is 0 Å². The Morgan fingerprint density at radius 1 is 1.00 bits per heavy atom. The number of hydrogen-bond acceptors (Lipinski definition) is 6. The minimum absolute atomic E-state index is 0.116. The van der Waals surface area contributed by atoms with Gasteiger partial charge < -0.3 is 25.1 Å². The van der Waals surface area contributed by atoms with Crippen LogP contribution in [0.25, 0.3) is 0 Å². The highest BCUT2D eigenvalue weighted by molar-refractivity contribution is 6.07. The van der Waals surface area contributed by atoms with Gasteiger partial charge in [-0.15, -0.1) is 0 Å². The number of ether oxygens (including phenoxy) is 1. The van der Waals surface area contributed by atoms with E-state index in [2.05, 4.69) is 15.5 Å². The number of hydrogen-bond donors (Lipinski definition) is 2. The first-order valence-corrected chi connectivity index (χ1v) is 14.3. The Balaban J connectivity index is 1.26. The number of anilines is 2. The normalized spacial score (nSPS) is 15.7. The quantitative estimate of drug-likeness (QED) is 0.243. The molecule has 43 heavy (non-hydrogen) atoms. The average molecular weight is 581 g/mol. The van der Waals surface area contributed by atoms with E-state index in [9.17, 15) is 19.6 Å². The van der Waals surface area contributed by atoms with Crippen molar-refractivity contribution in [3.05, 3.63) is 106 Å². The fraction of sp³-hybridized carbons (Fsp3) is 0.281. The van der Waals surface area contributed by atoms with E-state index in [-0.39, 0.29) is 24.1 Å². The second-order valence-corrected chi connectivity index (χ2v) is 10.7. The molecular weight excluding hydrogens is 548 g/mol. The Kier molecular flexibility index (Phi) is 7.78. The van der Waals surface area contributed by atoms with E-state index in [4.69, 9.17) is 4.74 Å². The molecule has 4 heterocycles. The van der Waals surface area contributed by atoms with Gasteiger partial charge in [0.25, 0.3) is 5.91 Å². The van der Waals surface area contributed by atoms with Gasteiger partial charge in [0.05, 0.1) is 18.8 Å². The predicted molar refractivity (Wildman–Crippen MR) is 159 cm³/mol. The van der Waals surface area contributed by atoms with Crippen molar-refractivity contribution in [1.29, 1.82) is 0 Å². The van der Waals surface area contributed by atoms with Crippen molar-refractivity contribution in [2.24, 2.45) is 0 Å². The molecule has 1 fully saturated rings. The summed E-state index contributed by atoms with van der Waals surface area (Å²) < 4.78 is 5.97. The minimum atomic E-state index is -0.664. The Morgan fingerprint density at radius 3 is 2.44 bits per heavy atom. The molecule has 1 unspecified atom stereocenters. The van der Waals surface area contributed by atoms with Crippen molar-refractivity contribution in [2.75, 3.05) is 30.0 Å². The number of carbonyl (C=O) groups excluding carboxylic acids is 3. The summed E-state index contributed by atoms with van der Waals surface area (Å²) in [6.45, 7) is 1.12. The van der Waals surface area contributed by atoms with Crippen LogP contribution in [-0.4, -0.2) is 48.1 Å². The highest BCUT2D eigenvalue weighted by Crippen LogP contribution is 2.32. The zero-order valence-electron chi connectivity index (χ0n) is 23.8. The largest absolute Gasteiger partial charge is 0.618 e. The number of nitrogens with zero attached hydrogens (tertiary/aromatic N) is 4. The van der Waals surface area contributed by atoms with Crippen molar-refractivity contribution in [1.82, 2.24) is 15.5 Å². The van der Waals surface area contributed by atoms with Crippen LogP contribution in [0, 0.1) is 5.21 Å². The van der Waals surface area contributed by atoms with E-state index in [1.807, 2.05) is 36.4 Å². The number of methoxy groups -OCH3 is 1. The van der Waals surface area contributed by atoms with Gasteiger partial charge in [-0.2, -0.15) is 9.83 Å². The van der Waals surface area contributed by atoms with Gasteiger partial charge in [-0.3, -0.25) is 19.5 Å². The summed E-state index contributed by atoms with van der Waals surface area (Å²) in [6, 6.07) is 19.0. The lowest BCUT2D eigenvalue weighted by Gasteiger charge is -2.29. The smallest absolute Gasteiger partial charge is 0.276 e. The first-order valence-electron chi connectivity index (χ1n) is 14.3. The van der Waals surface area contributed by atoms with Crippen molar-refractivity contribution < 1.29 is 23.9 Å². The molecule has 0 spiro atoms. The fourth-order valence-electron chi connectivity index (χ4n) is 5.73. The maximum Gasteiger partial charge on any atom is 0.276 e. The number of H-pyrrole nitrogens is 1. The molecule has 0 radical (unpaired) electrons. The molecule has 0 saturated carbocycles. The zero-order valence-corrected chi connectivity index (χ0v) is 23.8. The van der Waals surface area contributed by atoms with E-state index < -0.39 is 6.04 Å². The van der Waals surface area contributed by atoms with Gasteiger partial charge in [0.15, 0.2) is 6.20 Å². The molecule has 1 atom stereocenters. The van der Waals surface area contributed by atoms with Crippen LogP contribution < -0.4 is 24.6 Å². The van der Waals surface area contributed by atoms with Crippen LogP contribution in [-0.2, 0) is 22.4 Å². The molecule has 0 bridgehead atoms. The summed E-state index contributed by atoms with van der Waals surface area (Å²) in [5.41, 5.74) is 4.28. The van der Waals surface area contributed by atoms with Crippen molar-refractivity contribution in [3.63, 3.8) is 0 Å². The number of piperidine rings is 1. The maximum atomic E-state index is 13.7. The Labute approximate surface area is 248 Å². The minimum Gasteiger partial charge on any atom is -0.618 e.